The van der Waals surface area contributed by atoms with E-state index in [4.69, 9.17) is 4.74 Å². The zero-order valence-electron chi connectivity index (χ0n) is 18.5. The Morgan fingerprint density at radius 1 is 1.21 bits per heavy atom. The van der Waals surface area contributed by atoms with Crippen molar-refractivity contribution in [2.45, 2.75) is 44.8 Å². The zero-order valence-corrected chi connectivity index (χ0v) is 19.3. The summed E-state index contributed by atoms with van der Waals surface area (Å²) in [5.41, 5.74) is 3.42. The highest BCUT2D eigenvalue weighted by Crippen LogP contribution is 2.33. The number of fused-ring (bicyclic) bond motifs is 3. The number of methoxy groups -OCH3 is 1. The van der Waals surface area contributed by atoms with Crippen LogP contribution in [-0.4, -0.2) is 22.7 Å². The molecule has 1 unspecified atom stereocenters. The first-order valence-corrected chi connectivity index (χ1v) is 12.0. The number of ether oxygens (including phenoxy) is 1. The minimum Gasteiger partial charge on any atom is -0.497 e. The maximum Gasteiger partial charge on any atom is 0.262 e. The minimum absolute atomic E-state index is 0.0538. The van der Waals surface area contributed by atoms with Crippen LogP contribution in [0, 0.1) is 5.82 Å². The molecule has 0 radical (unpaired) electrons. The van der Waals surface area contributed by atoms with Gasteiger partial charge in [-0.1, -0.05) is 24.3 Å². The average molecular weight is 464 g/mol. The van der Waals surface area contributed by atoms with Gasteiger partial charge in [0.1, 0.15) is 16.4 Å². The van der Waals surface area contributed by atoms with E-state index < -0.39 is 0 Å². The van der Waals surface area contributed by atoms with Crippen molar-refractivity contribution < 1.29 is 9.13 Å². The van der Waals surface area contributed by atoms with Gasteiger partial charge in [-0.25, -0.2) is 9.37 Å². The van der Waals surface area contributed by atoms with Crippen molar-refractivity contribution in [3.05, 3.63) is 92.6 Å². The molecule has 1 aliphatic carbocycles. The topological polar surface area (TPSA) is 56.2 Å². The van der Waals surface area contributed by atoms with E-state index in [-0.39, 0.29) is 11.4 Å². The molecule has 2 heterocycles. The number of benzene rings is 2. The largest absolute Gasteiger partial charge is 0.497 e. The van der Waals surface area contributed by atoms with Gasteiger partial charge in [-0.3, -0.25) is 9.36 Å². The molecule has 1 aliphatic rings. The number of hydrogen-bond donors (Lipinski definition) is 1. The fraction of sp³-hybridized carbons (Fsp3) is 0.308. The fourth-order valence-electron chi connectivity index (χ4n) is 4.48. The molecule has 0 fully saturated rings. The fourth-order valence-corrected chi connectivity index (χ4v) is 5.73. The summed E-state index contributed by atoms with van der Waals surface area (Å²) >= 11 is 1.64. The van der Waals surface area contributed by atoms with Gasteiger partial charge in [0.15, 0.2) is 0 Å². The Morgan fingerprint density at radius 3 is 2.88 bits per heavy atom. The lowest BCUT2D eigenvalue weighted by Gasteiger charge is -2.23. The third kappa shape index (κ3) is 4.70. The van der Waals surface area contributed by atoms with Gasteiger partial charge in [-0.05, 0) is 66.6 Å². The summed E-state index contributed by atoms with van der Waals surface area (Å²) in [4.78, 5) is 20.0. The molecular formula is C26H26FN3O2S. The number of aromatic nitrogens is 2. The number of rotatable bonds is 7. The molecule has 33 heavy (non-hydrogen) atoms. The van der Waals surface area contributed by atoms with Crippen molar-refractivity contribution >= 4 is 21.6 Å². The normalized spacial score (nSPS) is 15.5. The van der Waals surface area contributed by atoms with E-state index in [2.05, 4.69) is 10.3 Å². The first-order valence-electron chi connectivity index (χ1n) is 11.2. The lowest BCUT2D eigenvalue weighted by atomic mass is 9.93. The summed E-state index contributed by atoms with van der Waals surface area (Å²) in [7, 11) is 1.66. The smallest absolute Gasteiger partial charge is 0.262 e. The van der Waals surface area contributed by atoms with Gasteiger partial charge in [-0.15, -0.1) is 11.3 Å². The second-order valence-corrected chi connectivity index (χ2v) is 9.56. The van der Waals surface area contributed by atoms with Crippen LogP contribution in [0.4, 0.5) is 4.39 Å². The van der Waals surface area contributed by atoms with Gasteiger partial charge in [0.25, 0.3) is 5.56 Å². The van der Waals surface area contributed by atoms with E-state index in [0.29, 0.717) is 19.1 Å². The van der Waals surface area contributed by atoms with Crippen LogP contribution in [-0.2, 0) is 32.4 Å². The Kier molecular flexibility index (Phi) is 6.24. The SMILES string of the molecule is COc1cccc(CCn2cnc3sc4c(c3c2=O)CCC(NCc2ccc(F)cc2)C4)c1. The molecular weight excluding hydrogens is 437 g/mol. The molecule has 4 aromatic rings. The molecule has 0 saturated carbocycles. The van der Waals surface area contributed by atoms with Gasteiger partial charge in [0.05, 0.1) is 18.8 Å². The summed E-state index contributed by atoms with van der Waals surface area (Å²) in [5, 5.41) is 4.38. The molecule has 170 valence electrons. The molecule has 5 rings (SSSR count). The summed E-state index contributed by atoms with van der Waals surface area (Å²) in [6, 6.07) is 14.9. The Morgan fingerprint density at radius 2 is 2.06 bits per heavy atom. The van der Waals surface area contributed by atoms with Gasteiger partial charge in [0, 0.05) is 24.0 Å². The predicted molar refractivity (Wildman–Crippen MR) is 130 cm³/mol. The Labute approximate surface area is 195 Å². The summed E-state index contributed by atoms with van der Waals surface area (Å²) < 4.78 is 20.1. The molecule has 5 nitrogen and oxygen atoms in total. The van der Waals surface area contributed by atoms with Crippen LogP contribution in [0.15, 0.2) is 59.7 Å². The molecule has 2 aromatic carbocycles. The Hall–Kier alpha value is -3.03. The number of aryl methyl sites for hydroxylation is 3. The molecule has 7 heteroatoms. The maximum absolute atomic E-state index is 13.3. The van der Waals surface area contributed by atoms with Crippen molar-refractivity contribution in [3.63, 3.8) is 0 Å². The molecule has 1 atom stereocenters. The predicted octanol–water partition coefficient (Wildman–Crippen LogP) is 4.50. The number of nitrogens with zero attached hydrogens (tertiary/aromatic N) is 2. The van der Waals surface area contributed by atoms with Gasteiger partial charge >= 0.3 is 0 Å². The molecule has 0 aliphatic heterocycles. The number of thiophene rings is 1. The second kappa shape index (κ2) is 9.45. The van der Waals surface area contributed by atoms with Gasteiger partial charge < -0.3 is 10.1 Å². The Balaban J connectivity index is 1.30. The molecule has 0 amide bonds. The van der Waals surface area contributed by atoms with E-state index in [9.17, 15) is 9.18 Å². The standard InChI is InChI=1S/C26H26FN3O2S/c1-32-21-4-2-3-17(13-21)11-12-30-16-29-25-24(26(30)31)22-10-9-20(14-23(22)33-25)28-15-18-5-7-19(27)8-6-18/h2-8,13,16,20,28H,9-12,14-15H2,1H3. The molecule has 0 saturated heterocycles. The monoisotopic (exact) mass is 463 g/mol. The lowest BCUT2D eigenvalue weighted by Crippen LogP contribution is -2.33. The van der Waals surface area contributed by atoms with E-state index in [1.165, 1.54) is 22.6 Å². The maximum atomic E-state index is 13.3. The Bertz CT molecular complexity index is 1330. The van der Waals surface area contributed by atoms with Crippen molar-refractivity contribution in [3.8, 4) is 5.75 Å². The van der Waals surface area contributed by atoms with Crippen molar-refractivity contribution in [1.82, 2.24) is 14.9 Å². The van der Waals surface area contributed by atoms with E-state index in [1.54, 1.807) is 29.3 Å². The number of halogens is 1. The van der Waals surface area contributed by atoms with Gasteiger partial charge in [0.2, 0.25) is 0 Å². The summed E-state index contributed by atoms with van der Waals surface area (Å²) in [5.74, 6) is 0.607. The third-order valence-corrected chi connectivity index (χ3v) is 7.48. The third-order valence-electron chi connectivity index (χ3n) is 6.32. The van der Waals surface area contributed by atoms with E-state index in [1.807, 2.05) is 36.4 Å². The highest BCUT2D eigenvalue weighted by atomic mass is 32.1. The number of hydrogen-bond acceptors (Lipinski definition) is 5. The first kappa shape index (κ1) is 21.8. The second-order valence-electron chi connectivity index (χ2n) is 8.48. The van der Waals surface area contributed by atoms with Crippen LogP contribution < -0.4 is 15.6 Å². The van der Waals surface area contributed by atoms with E-state index in [0.717, 1.165) is 52.8 Å². The van der Waals surface area contributed by atoms with Crippen LogP contribution in [0.3, 0.4) is 0 Å². The highest BCUT2D eigenvalue weighted by molar-refractivity contribution is 7.18. The average Bonchev–Trinajstić information content (AvgIpc) is 3.22. The summed E-state index contributed by atoms with van der Waals surface area (Å²) in [6.45, 7) is 1.29. The van der Waals surface area contributed by atoms with Crippen LogP contribution in [0.5, 0.6) is 5.75 Å². The van der Waals surface area contributed by atoms with Crippen LogP contribution in [0.25, 0.3) is 10.2 Å². The lowest BCUT2D eigenvalue weighted by molar-refractivity contribution is 0.414. The zero-order chi connectivity index (χ0) is 22.8. The molecule has 0 spiro atoms. The minimum atomic E-state index is -0.215. The quantitative estimate of drug-likeness (QED) is 0.439. The van der Waals surface area contributed by atoms with E-state index >= 15 is 0 Å². The van der Waals surface area contributed by atoms with Crippen molar-refractivity contribution in [2.24, 2.45) is 0 Å². The van der Waals surface area contributed by atoms with Crippen molar-refractivity contribution in [1.29, 1.82) is 0 Å². The van der Waals surface area contributed by atoms with Crippen LogP contribution >= 0.6 is 11.3 Å². The first-order chi connectivity index (χ1) is 16.1. The molecule has 2 aromatic heterocycles. The van der Waals surface area contributed by atoms with Crippen molar-refractivity contribution in [2.75, 3.05) is 7.11 Å². The number of nitrogens with one attached hydrogen (secondary N) is 1. The highest BCUT2D eigenvalue weighted by Gasteiger charge is 2.25. The van der Waals surface area contributed by atoms with Gasteiger partial charge in [-0.2, -0.15) is 0 Å². The molecule has 0 bridgehead atoms. The van der Waals surface area contributed by atoms with Crippen LogP contribution in [0.2, 0.25) is 0 Å². The van der Waals surface area contributed by atoms with Crippen LogP contribution in [0.1, 0.15) is 28.0 Å². The summed E-state index contributed by atoms with van der Waals surface area (Å²) in [6.07, 6.45) is 5.15. The molecule has 1 N–H and O–H groups in total.